The predicted molar refractivity (Wildman–Crippen MR) is 74.6 cm³/mol. The molecule has 0 aromatic heterocycles. The summed E-state index contributed by atoms with van der Waals surface area (Å²) in [7, 11) is 0. The molecular weight excluding hydrogens is 240 g/mol. The van der Waals surface area contributed by atoms with Crippen LogP contribution in [0.1, 0.15) is 35.7 Å². The van der Waals surface area contributed by atoms with Gasteiger partial charge in [0.15, 0.2) is 0 Å². The smallest absolute Gasteiger partial charge is 0.251 e. The van der Waals surface area contributed by atoms with Gasteiger partial charge >= 0.3 is 0 Å². The van der Waals surface area contributed by atoms with Crippen LogP contribution in [0.2, 0.25) is 0 Å². The van der Waals surface area contributed by atoms with Crippen LogP contribution < -0.4 is 10.6 Å². The van der Waals surface area contributed by atoms with E-state index in [0.717, 1.165) is 43.7 Å². The Bertz CT molecular complexity index is 493. The van der Waals surface area contributed by atoms with Crippen LogP contribution in [-0.2, 0) is 11.2 Å². The van der Waals surface area contributed by atoms with Crippen LogP contribution in [0.3, 0.4) is 0 Å². The first kappa shape index (κ1) is 12.5. The van der Waals surface area contributed by atoms with Crippen molar-refractivity contribution in [1.29, 1.82) is 0 Å². The van der Waals surface area contributed by atoms with Crippen LogP contribution >= 0.6 is 0 Å². The highest BCUT2D eigenvalue weighted by Crippen LogP contribution is 2.25. The number of nitrogens with one attached hydrogen (secondary N) is 2. The summed E-state index contributed by atoms with van der Waals surface area (Å²) in [6.45, 7) is 4.41. The van der Waals surface area contributed by atoms with Crippen LogP contribution in [0, 0.1) is 0 Å². The maximum absolute atomic E-state index is 12.1. The van der Waals surface area contributed by atoms with Crippen molar-refractivity contribution in [3.05, 3.63) is 29.3 Å². The largest absolute Gasteiger partial charge is 0.384 e. The second-order valence-electron chi connectivity index (χ2n) is 5.63. The Balaban J connectivity index is 1.64. The minimum atomic E-state index is -0.190. The lowest BCUT2D eigenvalue weighted by Gasteiger charge is -2.23. The average molecular weight is 260 g/mol. The number of hydrogen-bond acceptors (Lipinski definition) is 3. The number of carbonyl (C=O) groups is 1. The molecule has 102 valence electrons. The standard InChI is InChI=1S/C15H20N2O2/c1-15(6-2-8-19-15)10-17-14(18)12-4-3-11-5-7-16-13(11)9-12/h3-4,9,16H,2,5-8,10H2,1H3,(H,17,18). The monoisotopic (exact) mass is 260 g/mol. The van der Waals surface area contributed by atoms with Gasteiger partial charge in [0, 0.05) is 30.9 Å². The Labute approximate surface area is 113 Å². The minimum Gasteiger partial charge on any atom is -0.384 e. The van der Waals surface area contributed by atoms with E-state index in [9.17, 15) is 4.79 Å². The molecule has 0 saturated carbocycles. The van der Waals surface area contributed by atoms with Crippen molar-refractivity contribution in [2.45, 2.75) is 31.8 Å². The number of anilines is 1. The lowest BCUT2D eigenvalue weighted by atomic mass is 10.0. The van der Waals surface area contributed by atoms with Gasteiger partial charge in [0.05, 0.1) is 5.60 Å². The van der Waals surface area contributed by atoms with Crippen LogP contribution in [0.25, 0.3) is 0 Å². The zero-order chi connectivity index (χ0) is 13.3. The molecule has 0 radical (unpaired) electrons. The van der Waals surface area contributed by atoms with Crippen molar-refractivity contribution in [2.24, 2.45) is 0 Å². The highest BCUT2D eigenvalue weighted by Gasteiger charge is 2.30. The fraction of sp³-hybridized carbons (Fsp3) is 0.533. The van der Waals surface area contributed by atoms with Gasteiger partial charge in [0.1, 0.15) is 0 Å². The lowest BCUT2D eigenvalue weighted by molar-refractivity contribution is 0.0206. The molecule has 3 rings (SSSR count). The number of rotatable bonds is 3. The number of carbonyl (C=O) groups excluding carboxylic acids is 1. The summed E-state index contributed by atoms with van der Waals surface area (Å²) in [5, 5.41) is 6.28. The summed E-state index contributed by atoms with van der Waals surface area (Å²) in [6, 6.07) is 5.88. The zero-order valence-corrected chi connectivity index (χ0v) is 11.3. The van der Waals surface area contributed by atoms with Crippen molar-refractivity contribution in [3.63, 3.8) is 0 Å². The third-order valence-electron chi connectivity index (χ3n) is 4.01. The van der Waals surface area contributed by atoms with Crippen molar-refractivity contribution in [3.8, 4) is 0 Å². The van der Waals surface area contributed by atoms with Crippen LogP contribution in [-0.4, -0.2) is 31.2 Å². The molecule has 4 heteroatoms. The molecular formula is C15H20N2O2. The molecule has 2 aliphatic rings. The summed E-state index contributed by atoms with van der Waals surface area (Å²) in [5.74, 6) is -0.0202. The molecule has 2 aliphatic heterocycles. The highest BCUT2D eigenvalue weighted by atomic mass is 16.5. The molecule has 0 spiro atoms. The van der Waals surface area contributed by atoms with Gasteiger partial charge in [-0.05, 0) is 43.9 Å². The fourth-order valence-electron chi connectivity index (χ4n) is 2.78. The SMILES string of the molecule is CC1(CNC(=O)c2ccc3c(c2)NCC3)CCCO1. The first-order valence-electron chi connectivity index (χ1n) is 6.95. The Morgan fingerprint density at radius 3 is 3.21 bits per heavy atom. The fourth-order valence-corrected chi connectivity index (χ4v) is 2.78. The second kappa shape index (κ2) is 4.85. The quantitative estimate of drug-likeness (QED) is 0.873. The van der Waals surface area contributed by atoms with E-state index in [0.29, 0.717) is 6.54 Å². The summed E-state index contributed by atoms with van der Waals surface area (Å²) < 4.78 is 5.67. The van der Waals surface area contributed by atoms with Gasteiger partial charge in [-0.3, -0.25) is 4.79 Å². The topological polar surface area (TPSA) is 50.4 Å². The van der Waals surface area contributed by atoms with E-state index < -0.39 is 0 Å². The molecule has 2 N–H and O–H groups in total. The van der Waals surface area contributed by atoms with E-state index in [4.69, 9.17) is 4.74 Å². The van der Waals surface area contributed by atoms with Gasteiger partial charge in [0.25, 0.3) is 5.91 Å². The molecule has 4 nitrogen and oxygen atoms in total. The third-order valence-corrected chi connectivity index (χ3v) is 4.01. The zero-order valence-electron chi connectivity index (χ0n) is 11.3. The van der Waals surface area contributed by atoms with Gasteiger partial charge in [-0.2, -0.15) is 0 Å². The summed E-state index contributed by atoms with van der Waals surface area (Å²) in [5.41, 5.74) is 2.92. The van der Waals surface area contributed by atoms with Gasteiger partial charge < -0.3 is 15.4 Å². The van der Waals surface area contributed by atoms with Crippen LogP contribution in [0.5, 0.6) is 0 Å². The van der Waals surface area contributed by atoms with Crippen molar-refractivity contribution < 1.29 is 9.53 Å². The van der Waals surface area contributed by atoms with E-state index in [1.54, 1.807) is 0 Å². The number of hydrogen-bond donors (Lipinski definition) is 2. The maximum atomic E-state index is 12.1. The molecule has 1 unspecified atom stereocenters. The Morgan fingerprint density at radius 2 is 2.42 bits per heavy atom. The summed E-state index contributed by atoms with van der Waals surface area (Å²) in [4.78, 5) is 12.1. The van der Waals surface area contributed by atoms with Crippen molar-refractivity contribution in [2.75, 3.05) is 25.0 Å². The number of amides is 1. The highest BCUT2D eigenvalue weighted by molar-refractivity contribution is 5.95. The van der Waals surface area contributed by atoms with E-state index in [1.807, 2.05) is 18.2 Å². The Morgan fingerprint density at radius 1 is 1.53 bits per heavy atom. The first-order valence-corrected chi connectivity index (χ1v) is 6.95. The molecule has 2 heterocycles. The average Bonchev–Trinajstić information content (AvgIpc) is 3.04. The predicted octanol–water partition coefficient (Wildman–Crippen LogP) is 1.95. The van der Waals surface area contributed by atoms with Gasteiger partial charge in [-0.25, -0.2) is 0 Å². The maximum Gasteiger partial charge on any atom is 0.251 e. The number of ether oxygens (including phenoxy) is 1. The van der Waals surface area contributed by atoms with Crippen molar-refractivity contribution in [1.82, 2.24) is 5.32 Å². The molecule has 1 fully saturated rings. The molecule has 1 aromatic rings. The van der Waals surface area contributed by atoms with Gasteiger partial charge in [-0.1, -0.05) is 6.07 Å². The van der Waals surface area contributed by atoms with E-state index in [-0.39, 0.29) is 11.5 Å². The van der Waals surface area contributed by atoms with Crippen molar-refractivity contribution >= 4 is 11.6 Å². The van der Waals surface area contributed by atoms with Crippen LogP contribution in [0.4, 0.5) is 5.69 Å². The van der Waals surface area contributed by atoms with Gasteiger partial charge in [-0.15, -0.1) is 0 Å². The molecule has 0 bridgehead atoms. The lowest BCUT2D eigenvalue weighted by Crippen LogP contribution is -2.40. The molecule has 1 saturated heterocycles. The molecule has 1 amide bonds. The molecule has 1 atom stereocenters. The third kappa shape index (κ3) is 2.59. The van der Waals surface area contributed by atoms with Crippen LogP contribution in [0.15, 0.2) is 18.2 Å². The normalized spacial score (nSPS) is 24.9. The summed E-state index contributed by atoms with van der Waals surface area (Å²) >= 11 is 0. The Hall–Kier alpha value is -1.55. The number of fused-ring (bicyclic) bond motifs is 1. The number of benzene rings is 1. The van der Waals surface area contributed by atoms with E-state index in [1.165, 1.54) is 5.56 Å². The Kier molecular flexibility index (Phi) is 3.19. The molecule has 1 aromatic carbocycles. The second-order valence-corrected chi connectivity index (χ2v) is 5.63. The first-order chi connectivity index (χ1) is 9.16. The van der Waals surface area contributed by atoms with E-state index in [2.05, 4.69) is 17.6 Å². The minimum absolute atomic E-state index is 0.0202. The van der Waals surface area contributed by atoms with E-state index >= 15 is 0 Å². The van der Waals surface area contributed by atoms with Gasteiger partial charge in [0.2, 0.25) is 0 Å². The summed E-state index contributed by atoms with van der Waals surface area (Å²) in [6.07, 6.45) is 3.14. The molecule has 0 aliphatic carbocycles. The molecule has 19 heavy (non-hydrogen) atoms.